The van der Waals surface area contributed by atoms with Gasteiger partial charge in [-0.1, -0.05) is 20.3 Å². The van der Waals surface area contributed by atoms with Gasteiger partial charge in [0.1, 0.15) is 5.78 Å². The number of hydrogen-bond donors (Lipinski definition) is 0. The van der Waals surface area contributed by atoms with Crippen LogP contribution in [-0.2, 0) is 17.7 Å². The third-order valence-corrected chi connectivity index (χ3v) is 2.29. The van der Waals surface area contributed by atoms with Crippen LogP contribution in [0.25, 0.3) is 16.0 Å². The Hall–Kier alpha value is -0.950. The van der Waals surface area contributed by atoms with Crippen molar-refractivity contribution in [3.05, 3.63) is 21.8 Å². The molecule has 1 aliphatic heterocycles. The number of hydrogen-bond acceptors (Lipinski definition) is 4. The van der Waals surface area contributed by atoms with Crippen molar-refractivity contribution in [3.63, 3.8) is 0 Å². The number of aromatic nitrogens is 4. The molecule has 3 rings (SSSR count). The Morgan fingerprint density at radius 3 is 2.18 bits per heavy atom. The Morgan fingerprint density at radius 1 is 1.05 bits per heavy atom. The minimum Gasteiger partial charge on any atom is -0.373 e. The summed E-state index contributed by atoms with van der Waals surface area (Å²) in [5.41, 5.74) is 13.5. The molecule has 9 heteroatoms. The molecule has 0 N–H and O–H groups in total. The van der Waals surface area contributed by atoms with Crippen LogP contribution in [0.2, 0.25) is 0 Å². The number of ketones is 1. The zero-order valence-corrected chi connectivity index (χ0v) is 13.8. The molecule has 8 nitrogen and oxygen atoms in total. The van der Waals surface area contributed by atoms with Gasteiger partial charge in [-0.2, -0.15) is 0 Å². The first-order valence-electron chi connectivity index (χ1n) is 10.0. The van der Waals surface area contributed by atoms with Crippen molar-refractivity contribution in [3.8, 4) is 0 Å². The number of tetrazole rings is 1. The SMILES string of the molecule is C.[2H]C1([2H])CCCC([2H])([2H])C1=O.[2H]C1([2H])CCCC([2H])([2H])n2nnnc21.[N-]=[N+]=[N-].[Na+]. The summed E-state index contributed by atoms with van der Waals surface area (Å²) in [6.07, 6.45) is -3.78. The topological polar surface area (TPSA) is 119 Å². The normalized spacial score (nSPS) is 30.3. The second kappa shape index (κ2) is 15.0. The Balaban J connectivity index is 0. The average Bonchev–Trinajstić information content (AvgIpc) is 3.02. The van der Waals surface area contributed by atoms with Crippen LogP contribution in [0.1, 0.15) is 75.5 Å². The van der Waals surface area contributed by atoms with E-state index in [-0.39, 0.29) is 68.5 Å². The molecule has 0 bridgehead atoms. The summed E-state index contributed by atoms with van der Waals surface area (Å²) >= 11 is 0. The fraction of sp³-hybridized carbons (Fsp3) is 0.846. The first kappa shape index (κ1) is 11.6. The van der Waals surface area contributed by atoms with Crippen LogP contribution in [-0.4, -0.2) is 26.0 Å². The fourth-order valence-corrected chi connectivity index (χ4v) is 1.43. The molecular formula is C13H24N7NaO. The average molecular weight is 325 g/mol. The van der Waals surface area contributed by atoms with E-state index < -0.39 is 31.4 Å². The predicted molar refractivity (Wildman–Crippen MR) is 80.3 cm³/mol. The van der Waals surface area contributed by atoms with Gasteiger partial charge in [-0.25, -0.2) is 4.68 Å². The van der Waals surface area contributed by atoms with Crippen LogP contribution in [0.4, 0.5) is 0 Å². The molecule has 1 aromatic heterocycles. The molecule has 0 radical (unpaired) electrons. The fourth-order valence-electron chi connectivity index (χ4n) is 1.43. The molecule has 0 atom stereocenters. The summed E-state index contributed by atoms with van der Waals surface area (Å²) in [5.74, 6) is -0.906. The van der Waals surface area contributed by atoms with Gasteiger partial charge in [-0.3, -0.25) is 9.71 Å². The van der Waals surface area contributed by atoms with Crippen molar-refractivity contribution in [2.75, 3.05) is 0 Å². The molecule has 1 aliphatic carbocycles. The summed E-state index contributed by atoms with van der Waals surface area (Å²) in [5, 5.41) is 10.4. The van der Waals surface area contributed by atoms with Gasteiger partial charge in [0.2, 0.25) is 0 Å². The number of fused-ring (bicyclic) bond motifs is 1. The Morgan fingerprint density at radius 2 is 1.59 bits per heavy atom. The van der Waals surface area contributed by atoms with Crippen LogP contribution < -0.4 is 29.6 Å². The summed E-state index contributed by atoms with van der Waals surface area (Å²) in [4.78, 5) is 12.5. The van der Waals surface area contributed by atoms with Gasteiger partial charge < -0.3 is 11.1 Å². The molecule has 0 unspecified atom stereocenters. The first-order valence-corrected chi connectivity index (χ1v) is 6.04. The number of carbonyl (C=O) groups is 1. The van der Waals surface area contributed by atoms with Crippen molar-refractivity contribution >= 4 is 5.78 Å². The van der Waals surface area contributed by atoms with Gasteiger partial charge in [0.25, 0.3) is 0 Å². The number of rotatable bonds is 0. The van der Waals surface area contributed by atoms with E-state index in [9.17, 15) is 4.79 Å². The van der Waals surface area contributed by atoms with Gasteiger partial charge in [0.15, 0.2) is 5.82 Å². The molecule has 0 amide bonds. The first-order chi connectivity index (χ1) is 12.7. The molecule has 2 heterocycles. The van der Waals surface area contributed by atoms with Crippen molar-refractivity contribution in [2.24, 2.45) is 0 Å². The number of Topliss-reactive ketones (excluding diaryl/α,β-unsaturated/α-hetero) is 1. The van der Waals surface area contributed by atoms with E-state index in [1.54, 1.807) is 0 Å². The minimum atomic E-state index is -1.94. The molecular weight excluding hydrogens is 293 g/mol. The summed E-state index contributed by atoms with van der Waals surface area (Å²) in [6.45, 7) is -1.68. The van der Waals surface area contributed by atoms with Crippen molar-refractivity contribution in [1.82, 2.24) is 20.2 Å². The van der Waals surface area contributed by atoms with Crippen molar-refractivity contribution < 1.29 is 45.3 Å². The Bertz CT molecular complexity index is 688. The monoisotopic (exact) mass is 325 g/mol. The number of aryl methyl sites for hydroxylation is 2. The summed E-state index contributed by atoms with van der Waals surface area (Å²) in [6, 6.07) is 0. The van der Waals surface area contributed by atoms with Crippen LogP contribution in [0, 0.1) is 0 Å². The molecule has 1 saturated carbocycles. The standard InChI is InChI=1S/C6H10N4.C6H10O.CH4.N3.Na/c1-2-4-6-7-8-9-10(6)5-3-1;7-6-4-2-1-3-5-6;;1-3-2;/h1-5H2;1-5H2;1H4;;/q;;;-1;+1/i2*4D2,5D2;;;. The molecule has 0 aromatic carbocycles. The van der Waals surface area contributed by atoms with E-state index in [2.05, 4.69) is 15.5 Å². The Labute approximate surface area is 165 Å². The van der Waals surface area contributed by atoms with E-state index in [1.807, 2.05) is 0 Å². The maximum atomic E-state index is 11.0. The van der Waals surface area contributed by atoms with E-state index >= 15 is 0 Å². The van der Waals surface area contributed by atoms with Crippen LogP contribution in [0.3, 0.4) is 0 Å². The number of carbonyl (C=O) groups excluding carboxylic acids is 1. The second-order valence-electron chi connectivity index (χ2n) is 3.73. The predicted octanol–water partition coefficient (Wildman–Crippen LogP) is 0.425. The molecule has 118 valence electrons. The van der Waals surface area contributed by atoms with Gasteiger partial charge in [0, 0.05) is 33.8 Å². The smallest absolute Gasteiger partial charge is 0.373 e. The second-order valence-corrected chi connectivity index (χ2v) is 3.73. The molecule has 22 heavy (non-hydrogen) atoms. The van der Waals surface area contributed by atoms with Crippen LogP contribution >= 0.6 is 0 Å². The zero-order valence-electron chi connectivity index (χ0n) is 19.8. The number of nitrogens with zero attached hydrogens (tertiary/aromatic N) is 7. The molecule has 0 saturated heterocycles. The van der Waals surface area contributed by atoms with E-state index in [0.717, 1.165) is 4.68 Å². The summed E-state index contributed by atoms with van der Waals surface area (Å²) in [7, 11) is 0. The third-order valence-electron chi connectivity index (χ3n) is 2.29. The quantitative estimate of drug-likeness (QED) is 0.297. The van der Waals surface area contributed by atoms with Gasteiger partial charge in [0.05, 0.1) is 2.74 Å². The van der Waals surface area contributed by atoms with Gasteiger partial charge in [-0.15, -0.1) is 5.10 Å². The van der Waals surface area contributed by atoms with E-state index in [4.69, 9.17) is 22.0 Å². The molecule has 0 spiro atoms. The molecule has 2 aliphatic rings. The maximum absolute atomic E-state index is 11.0. The van der Waals surface area contributed by atoms with E-state index in [1.165, 1.54) is 4.91 Å². The maximum Gasteiger partial charge on any atom is 1.00 e. The zero-order chi connectivity index (χ0) is 21.8. The van der Waals surface area contributed by atoms with Crippen LogP contribution in [0.5, 0.6) is 0 Å². The van der Waals surface area contributed by atoms with Crippen LogP contribution in [0.15, 0.2) is 0 Å². The Kier molecular flexibility index (Phi) is 7.87. The van der Waals surface area contributed by atoms with Gasteiger partial charge in [-0.05, 0) is 36.1 Å². The van der Waals surface area contributed by atoms with Crippen molar-refractivity contribution in [1.29, 1.82) is 0 Å². The molecule has 1 fully saturated rings. The summed E-state index contributed by atoms with van der Waals surface area (Å²) < 4.78 is 60.3. The minimum absolute atomic E-state index is 0. The largest absolute Gasteiger partial charge is 1.00 e. The third kappa shape index (κ3) is 9.89. The van der Waals surface area contributed by atoms with Crippen molar-refractivity contribution in [2.45, 2.75) is 71.6 Å². The molecule has 1 aromatic rings. The van der Waals surface area contributed by atoms with E-state index in [0.29, 0.717) is 12.8 Å². The van der Waals surface area contributed by atoms with Gasteiger partial charge >= 0.3 is 29.6 Å².